The van der Waals surface area contributed by atoms with Crippen LogP contribution < -0.4 is 5.32 Å². The minimum atomic E-state index is -0.124. The molecule has 3 nitrogen and oxygen atoms in total. The molecular formula is C14H18FN3. The molecule has 1 aromatic carbocycles. The second kappa shape index (κ2) is 6.31. The minimum absolute atomic E-state index is 0.124. The van der Waals surface area contributed by atoms with Gasteiger partial charge in [-0.2, -0.15) is 0 Å². The summed E-state index contributed by atoms with van der Waals surface area (Å²) < 4.78 is 15.5. The third-order valence-electron chi connectivity index (χ3n) is 2.91. The summed E-state index contributed by atoms with van der Waals surface area (Å²) in [5.74, 6) is -0.124. The lowest BCUT2D eigenvalue weighted by Crippen LogP contribution is -2.31. The van der Waals surface area contributed by atoms with Crippen molar-refractivity contribution < 1.29 is 4.39 Å². The molecule has 2 aromatic rings. The summed E-state index contributed by atoms with van der Waals surface area (Å²) >= 11 is 0. The average molecular weight is 247 g/mol. The van der Waals surface area contributed by atoms with Gasteiger partial charge in [-0.1, -0.05) is 18.2 Å². The smallest absolute Gasteiger partial charge is 0.126 e. The quantitative estimate of drug-likeness (QED) is 0.848. The van der Waals surface area contributed by atoms with Crippen LogP contribution in [0.25, 0.3) is 0 Å². The van der Waals surface area contributed by atoms with Gasteiger partial charge in [-0.3, -0.25) is 0 Å². The third kappa shape index (κ3) is 3.67. The minimum Gasteiger partial charge on any atom is -0.336 e. The van der Waals surface area contributed by atoms with Crippen molar-refractivity contribution in [2.45, 2.75) is 25.9 Å². The maximum absolute atomic E-state index is 13.5. The van der Waals surface area contributed by atoms with E-state index in [1.165, 1.54) is 6.07 Å². The van der Waals surface area contributed by atoms with Crippen LogP contribution in [-0.2, 0) is 13.0 Å². The summed E-state index contributed by atoms with van der Waals surface area (Å²) in [4.78, 5) is 3.98. The van der Waals surface area contributed by atoms with Crippen molar-refractivity contribution in [3.05, 3.63) is 54.4 Å². The van der Waals surface area contributed by atoms with Gasteiger partial charge in [-0.05, 0) is 25.0 Å². The third-order valence-corrected chi connectivity index (χ3v) is 2.91. The fourth-order valence-corrected chi connectivity index (χ4v) is 1.93. The SMILES string of the molecule is C[C@@H](Cc1ccccc1F)NCCn1ccnc1. The Labute approximate surface area is 107 Å². The van der Waals surface area contributed by atoms with Crippen molar-refractivity contribution in [2.75, 3.05) is 6.54 Å². The van der Waals surface area contributed by atoms with Crippen molar-refractivity contribution in [1.82, 2.24) is 14.9 Å². The van der Waals surface area contributed by atoms with E-state index in [4.69, 9.17) is 0 Å². The Balaban J connectivity index is 1.75. The van der Waals surface area contributed by atoms with E-state index in [-0.39, 0.29) is 11.9 Å². The number of nitrogens with zero attached hydrogens (tertiary/aromatic N) is 2. The second-order valence-electron chi connectivity index (χ2n) is 4.45. The first-order valence-corrected chi connectivity index (χ1v) is 6.18. The molecule has 0 saturated heterocycles. The Kier molecular flexibility index (Phi) is 4.47. The van der Waals surface area contributed by atoms with Gasteiger partial charge in [0.15, 0.2) is 0 Å². The summed E-state index contributed by atoms with van der Waals surface area (Å²) in [6.07, 6.45) is 6.20. The first-order valence-electron chi connectivity index (χ1n) is 6.18. The number of imidazole rings is 1. The molecule has 2 rings (SSSR count). The Morgan fingerprint density at radius 1 is 1.39 bits per heavy atom. The Morgan fingerprint density at radius 2 is 2.22 bits per heavy atom. The van der Waals surface area contributed by atoms with Crippen molar-refractivity contribution >= 4 is 0 Å². The maximum atomic E-state index is 13.5. The zero-order valence-electron chi connectivity index (χ0n) is 10.5. The molecule has 1 atom stereocenters. The summed E-state index contributed by atoms with van der Waals surface area (Å²) in [7, 11) is 0. The summed E-state index contributed by atoms with van der Waals surface area (Å²) in [5, 5.41) is 3.38. The molecule has 0 fully saturated rings. The first-order chi connectivity index (χ1) is 8.75. The van der Waals surface area contributed by atoms with E-state index >= 15 is 0 Å². The molecule has 0 bridgehead atoms. The zero-order valence-corrected chi connectivity index (χ0v) is 10.5. The lowest BCUT2D eigenvalue weighted by Gasteiger charge is -2.14. The van der Waals surface area contributed by atoms with Crippen LogP contribution in [0.4, 0.5) is 4.39 Å². The molecule has 0 aliphatic rings. The van der Waals surface area contributed by atoms with Gasteiger partial charge in [0.2, 0.25) is 0 Å². The van der Waals surface area contributed by atoms with E-state index in [1.807, 2.05) is 22.9 Å². The van der Waals surface area contributed by atoms with Crippen molar-refractivity contribution in [1.29, 1.82) is 0 Å². The van der Waals surface area contributed by atoms with Crippen LogP contribution in [0.15, 0.2) is 43.0 Å². The maximum Gasteiger partial charge on any atom is 0.126 e. The number of nitrogens with one attached hydrogen (secondary N) is 1. The van der Waals surface area contributed by atoms with Gasteiger partial charge in [-0.15, -0.1) is 0 Å². The molecule has 1 N–H and O–H groups in total. The van der Waals surface area contributed by atoms with E-state index in [1.54, 1.807) is 18.6 Å². The number of halogens is 1. The number of hydrogen-bond donors (Lipinski definition) is 1. The highest BCUT2D eigenvalue weighted by molar-refractivity contribution is 5.18. The van der Waals surface area contributed by atoms with Gasteiger partial charge < -0.3 is 9.88 Å². The molecule has 0 saturated carbocycles. The summed E-state index contributed by atoms with van der Waals surface area (Å²) in [5.41, 5.74) is 0.764. The number of aromatic nitrogens is 2. The van der Waals surface area contributed by atoms with Gasteiger partial charge in [0, 0.05) is 31.5 Å². The Morgan fingerprint density at radius 3 is 2.94 bits per heavy atom. The fourth-order valence-electron chi connectivity index (χ4n) is 1.93. The lowest BCUT2D eigenvalue weighted by atomic mass is 10.1. The standard InChI is InChI=1S/C14H18FN3/c1-12(10-13-4-2-3-5-14(13)15)17-7-9-18-8-6-16-11-18/h2-6,8,11-12,17H,7,9-10H2,1H3/t12-/m0/s1. The van der Waals surface area contributed by atoms with Crippen LogP contribution in [0.3, 0.4) is 0 Å². The molecule has 96 valence electrons. The van der Waals surface area contributed by atoms with E-state index in [0.717, 1.165) is 18.7 Å². The van der Waals surface area contributed by atoms with Gasteiger partial charge in [0.05, 0.1) is 6.33 Å². The zero-order chi connectivity index (χ0) is 12.8. The predicted molar refractivity (Wildman–Crippen MR) is 69.8 cm³/mol. The monoisotopic (exact) mass is 247 g/mol. The van der Waals surface area contributed by atoms with Gasteiger partial charge >= 0.3 is 0 Å². The molecule has 4 heteroatoms. The molecule has 18 heavy (non-hydrogen) atoms. The molecule has 0 radical (unpaired) electrons. The Bertz CT molecular complexity index is 468. The van der Waals surface area contributed by atoms with E-state index in [9.17, 15) is 4.39 Å². The normalized spacial score (nSPS) is 12.6. The number of benzene rings is 1. The second-order valence-corrected chi connectivity index (χ2v) is 4.45. The van der Waals surface area contributed by atoms with E-state index in [2.05, 4.69) is 17.2 Å². The predicted octanol–water partition coefficient (Wildman–Crippen LogP) is 2.24. The van der Waals surface area contributed by atoms with Crippen LogP contribution in [0.2, 0.25) is 0 Å². The Hall–Kier alpha value is -1.68. The van der Waals surface area contributed by atoms with E-state index < -0.39 is 0 Å². The largest absolute Gasteiger partial charge is 0.336 e. The van der Waals surface area contributed by atoms with Crippen LogP contribution in [0.5, 0.6) is 0 Å². The van der Waals surface area contributed by atoms with E-state index in [0.29, 0.717) is 6.42 Å². The molecule has 0 unspecified atom stereocenters. The molecule has 0 amide bonds. The highest BCUT2D eigenvalue weighted by atomic mass is 19.1. The molecule has 0 spiro atoms. The molecule has 0 aliphatic carbocycles. The average Bonchev–Trinajstić information content (AvgIpc) is 2.85. The van der Waals surface area contributed by atoms with Crippen LogP contribution in [-0.4, -0.2) is 22.1 Å². The van der Waals surface area contributed by atoms with Crippen molar-refractivity contribution in [3.8, 4) is 0 Å². The van der Waals surface area contributed by atoms with Crippen LogP contribution in [0, 0.1) is 5.82 Å². The van der Waals surface area contributed by atoms with Crippen LogP contribution in [0.1, 0.15) is 12.5 Å². The first kappa shape index (κ1) is 12.8. The van der Waals surface area contributed by atoms with Gasteiger partial charge in [0.1, 0.15) is 5.82 Å². The fraction of sp³-hybridized carbons (Fsp3) is 0.357. The highest BCUT2D eigenvalue weighted by Crippen LogP contribution is 2.08. The van der Waals surface area contributed by atoms with Gasteiger partial charge in [0.25, 0.3) is 0 Å². The molecule has 0 aliphatic heterocycles. The van der Waals surface area contributed by atoms with Crippen molar-refractivity contribution in [3.63, 3.8) is 0 Å². The van der Waals surface area contributed by atoms with Gasteiger partial charge in [-0.25, -0.2) is 9.37 Å². The van der Waals surface area contributed by atoms with Crippen LogP contribution >= 0.6 is 0 Å². The highest BCUT2D eigenvalue weighted by Gasteiger charge is 2.06. The molecule has 1 heterocycles. The number of rotatable bonds is 6. The lowest BCUT2D eigenvalue weighted by molar-refractivity contribution is 0.501. The topological polar surface area (TPSA) is 29.9 Å². The molecular weight excluding hydrogens is 229 g/mol. The summed E-state index contributed by atoms with van der Waals surface area (Å²) in [6.45, 7) is 3.80. The molecule has 1 aromatic heterocycles. The van der Waals surface area contributed by atoms with Crippen molar-refractivity contribution in [2.24, 2.45) is 0 Å². The number of hydrogen-bond acceptors (Lipinski definition) is 2. The summed E-state index contributed by atoms with van der Waals surface area (Å²) in [6, 6.07) is 7.19.